The Balaban J connectivity index is 1.23. The minimum atomic E-state index is -2.71. The van der Waals surface area contributed by atoms with E-state index >= 15 is 0 Å². The van der Waals surface area contributed by atoms with Crippen LogP contribution in [0.5, 0.6) is 0 Å². The fraction of sp³-hybridized carbons (Fsp3) is 0.750. The highest BCUT2D eigenvalue weighted by atomic mass is 19.3. The van der Waals surface area contributed by atoms with Crippen molar-refractivity contribution < 1.29 is 13.6 Å². The standard InChI is InChI=1S/C24H36F2N4O/c1-5-18(4)19-6-7-21(27-10-19)29-12-23(13-29)14-30(15-23)22(31)11-28-9-8-20(17(2)3)24(25,26)16-28/h6-7,10,17-18,20H,5,8-9,11-16H2,1-4H3. The van der Waals surface area contributed by atoms with Gasteiger partial charge in [-0.15, -0.1) is 0 Å². The maximum Gasteiger partial charge on any atom is 0.263 e. The second-order valence-electron chi connectivity index (χ2n) is 10.5. The Morgan fingerprint density at radius 2 is 1.87 bits per heavy atom. The van der Waals surface area contributed by atoms with Gasteiger partial charge in [-0.2, -0.15) is 0 Å². The molecule has 3 aliphatic heterocycles. The maximum atomic E-state index is 14.4. The zero-order chi connectivity index (χ0) is 22.4. The van der Waals surface area contributed by atoms with E-state index in [1.54, 1.807) is 4.90 Å². The van der Waals surface area contributed by atoms with Crippen LogP contribution in [0.3, 0.4) is 0 Å². The van der Waals surface area contributed by atoms with E-state index in [0.717, 1.165) is 38.4 Å². The minimum absolute atomic E-state index is 0.0149. The van der Waals surface area contributed by atoms with E-state index in [0.29, 0.717) is 18.9 Å². The van der Waals surface area contributed by atoms with E-state index in [2.05, 4.69) is 35.9 Å². The molecule has 0 aliphatic carbocycles. The van der Waals surface area contributed by atoms with Gasteiger partial charge in [-0.05, 0) is 42.9 Å². The van der Waals surface area contributed by atoms with E-state index in [4.69, 9.17) is 0 Å². The first-order valence-corrected chi connectivity index (χ1v) is 11.7. The smallest absolute Gasteiger partial charge is 0.263 e. The molecule has 2 atom stereocenters. The molecule has 0 N–H and O–H groups in total. The summed E-state index contributed by atoms with van der Waals surface area (Å²) in [6.07, 6.45) is 3.54. The van der Waals surface area contributed by atoms with Crippen molar-refractivity contribution in [1.82, 2.24) is 14.8 Å². The number of aromatic nitrogens is 1. The molecule has 7 heteroatoms. The number of halogens is 2. The summed E-state index contributed by atoms with van der Waals surface area (Å²) < 4.78 is 28.8. The third-order valence-electron chi connectivity index (χ3n) is 7.63. The fourth-order valence-corrected chi connectivity index (χ4v) is 5.45. The topological polar surface area (TPSA) is 39.7 Å². The van der Waals surface area contributed by atoms with Crippen molar-refractivity contribution >= 4 is 11.7 Å². The number of anilines is 1. The van der Waals surface area contributed by atoms with Gasteiger partial charge in [-0.25, -0.2) is 13.8 Å². The van der Waals surface area contributed by atoms with E-state index in [-0.39, 0.29) is 30.3 Å². The van der Waals surface area contributed by atoms with Crippen LogP contribution in [-0.4, -0.2) is 72.4 Å². The van der Waals surface area contributed by atoms with Gasteiger partial charge >= 0.3 is 0 Å². The molecule has 3 aliphatic rings. The Labute approximate surface area is 184 Å². The molecule has 0 aromatic carbocycles. The number of carbonyl (C=O) groups excluding carboxylic acids is 1. The van der Waals surface area contributed by atoms with Crippen molar-refractivity contribution in [1.29, 1.82) is 0 Å². The lowest BCUT2D eigenvalue weighted by atomic mass is 9.72. The number of alkyl halides is 2. The quantitative estimate of drug-likeness (QED) is 0.682. The van der Waals surface area contributed by atoms with Gasteiger partial charge in [-0.3, -0.25) is 9.69 Å². The monoisotopic (exact) mass is 434 g/mol. The summed E-state index contributed by atoms with van der Waals surface area (Å²) >= 11 is 0. The molecule has 1 aromatic heterocycles. The van der Waals surface area contributed by atoms with Crippen LogP contribution < -0.4 is 4.90 Å². The van der Waals surface area contributed by atoms with Crippen molar-refractivity contribution in [3.05, 3.63) is 23.9 Å². The molecule has 4 heterocycles. The van der Waals surface area contributed by atoms with Crippen molar-refractivity contribution in [2.75, 3.05) is 50.7 Å². The van der Waals surface area contributed by atoms with E-state index in [1.807, 2.05) is 24.9 Å². The highest BCUT2D eigenvalue weighted by Gasteiger charge is 2.54. The number of piperidine rings is 1. The van der Waals surface area contributed by atoms with Crippen LogP contribution in [0.1, 0.15) is 52.0 Å². The molecule has 1 amide bonds. The number of nitrogens with zero attached hydrogens (tertiary/aromatic N) is 4. The van der Waals surface area contributed by atoms with Gasteiger partial charge in [0, 0.05) is 43.7 Å². The lowest BCUT2D eigenvalue weighted by molar-refractivity contribution is -0.153. The van der Waals surface area contributed by atoms with Gasteiger partial charge in [0.1, 0.15) is 5.82 Å². The van der Waals surface area contributed by atoms with Gasteiger partial charge in [0.2, 0.25) is 5.91 Å². The van der Waals surface area contributed by atoms with Crippen LogP contribution in [0.4, 0.5) is 14.6 Å². The highest BCUT2D eigenvalue weighted by Crippen LogP contribution is 2.42. The molecule has 172 valence electrons. The third-order valence-corrected chi connectivity index (χ3v) is 7.63. The molecule has 0 saturated carbocycles. The molecule has 4 rings (SSSR count). The number of carbonyl (C=O) groups is 1. The molecular formula is C24H36F2N4O. The first-order valence-electron chi connectivity index (χ1n) is 11.7. The zero-order valence-corrected chi connectivity index (χ0v) is 19.3. The minimum Gasteiger partial charge on any atom is -0.355 e. The van der Waals surface area contributed by atoms with Crippen molar-refractivity contribution in [2.24, 2.45) is 17.3 Å². The van der Waals surface area contributed by atoms with E-state index < -0.39 is 11.8 Å². The lowest BCUT2D eigenvalue weighted by Crippen LogP contribution is -2.73. The van der Waals surface area contributed by atoms with Gasteiger partial charge in [0.25, 0.3) is 5.92 Å². The van der Waals surface area contributed by atoms with Crippen LogP contribution >= 0.6 is 0 Å². The molecule has 0 bridgehead atoms. The SMILES string of the molecule is CCC(C)c1ccc(N2CC3(CN(C(=O)CN4CCC(C(C)C)C(F)(F)C4)C3)C2)nc1. The summed E-state index contributed by atoms with van der Waals surface area (Å²) in [5.74, 6) is -1.83. The largest absolute Gasteiger partial charge is 0.355 e. The zero-order valence-electron chi connectivity index (χ0n) is 19.3. The van der Waals surface area contributed by atoms with Crippen LogP contribution in [0.25, 0.3) is 0 Å². The number of hydrogen-bond donors (Lipinski definition) is 0. The van der Waals surface area contributed by atoms with Crippen molar-refractivity contribution in [3.8, 4) is 0 Å². The number of likely N-dealkylation sites (tertiary alicyclic amines) is 2. The summed E-state index contributed by atoms with van der Waals surface area (Å²) in [4.78, 5) is 23.0. The third kappa shape index (κ3) is 4.43. The van der Waals surface area contributed by atoms with E-state index in [9.17, 15) is 13.6 Å². The summed E-state index contributed by atoms with van der Waals surface area (Å²) in [7, 11) is 0. The van der Waals surface area contributed by atoms with Gasteiger partial charge in [0.05, 0.1) is 13.1 Å². The van der Waals surface area contributed by atoms with Crippen LogP contribution in [-0.2, 0) is 4.79 Å². The number of rotatable bonds is 6. The highest BCUT2D eigenvalue weighted by molar-refractivity contribution is 5.79. The summed E-state index contributed by atoms with van der Waals surface area (Å²) in [5, 5.41) is 0. The molecule has 1 spiro atoms. The van der Waals surface area contributed by atoms with Crippen LogP contribution in [0, 0.1) is 17.3 Å². The molecule has 3 saturated heterocycles. The first-order chi connectivity index (χ1) is 14.6. The molecule has 5 nitrogen and oxygen atoms in total. The van der Waals surface area contributed by atoms with Crippen LogP contribution in [0.15, 0.2) is 18.3 Å². The molecule has 0 radical (unpaired) electrons. The lowest BCUT2D eigenvalue weighted by Gasteiger charge is -2.60. The van der Waals surface area contributed by atoms with Gasteiger partial charge in [0.15, 0.2) is 0 Å². The Kier molecular flexibility index (Phi) is 6.01. The second kappa shape index (κ2) is 8.30. The summed E-state index contributed by atoms with van der Waals surface area (Å²) in [6.45, 7) is 11.8. The number of amides is 1. The van der Waals surface area contributed by atoms with Gasteiger partial charge in [-0.1, -0.05) is 33.8 Å². The molecule has 3 fully saturated rings. The Bertz CT molecular complexity index is 783. The van der Waals surface area contributed by atoms with E-state index in [1.165, 1.54) is 5.56 Å². The second-order valence-corrected chi connectivity index (χ2v) is 10.5. The maximum absolute atomic E-state index is 14.4. The fourth-order valence-electron chi connectivity index (χ4n) is 5.45. The number of pyridine rings is 1. The first kappa shape index (κ1) is 22.4. The summed E-state index contributed by atoms with van der Waals surface area (Å²) in [6, 6.07) is 4.26. The Morgan fingerprint density at radius 1 is 1.16 bits per heavy atom. The average molecular weight is 435 g/mol. The predicted molar refractivity (Wildman–Crippen MR) is 119 cm³/mol. The predicted octanol–water partition coefficient (Wildman–Crippen LogP) is 3.86. The summed E-state index contributed by atoms with van der Waals surface area (Å²) in [5.41, 5.74) is 1.42. The van der Waals surface area contributed by atoms with Gasteiger partial charge < -0.3 is 9.80 Å². The van der Waals surface area contributed by atoms with Crippen molar-refractivity contribution in [2.45, 2.75) is 52.4 Å². The van der Waals surface area contributed by atoms with Crippen LogP contribution in [0.2, 0.25) is 0 Å². The van der Waals surface area contributed by atoms with Crippen molar-refractivity contribution in [3.63, 3.8) is 0 Å². The molecule has 31 heavy (non-hydrogen) atoms. The average Bonchev–Trinajstić information content (AvgIpc) is 2.64. The molecule has 1 aromatic rings. The molecule has 2 unspecified atom stereocenters. The molecular weight excluding hydrogens is 398 g/mol. The Morgan fingerprint density at radius 3 is 2.42 bits per heavy atom. The number of hydrogen-bond acceptors (Lipinski definition) is 4. The normalized spacial score (nSPS) is 26.0. The Hall–Kier alpha value is -1.76.